The molecule has 0 N–H and O–H groups in total. The van der Waals surface area contributed by atoms with E-state index in [2.05, 4.69) is 26.4 Å². The van der Waals surface area contributed by atoms with E-state index in [0.29, 0.717) is 5.95 Å². The number of likely N-dealkylation sites (N-methyl/N-ethyl adjacent to an activating group) is 1. The second-order valence-corrected chi connectivity index (χ2v) is 5.13. The number of hydrogen-bond acceptors (Lipinski definition) is 5. The minimum absolute atomic E-state index is 0.114. The highest BCUT2D eigenvalue weighted by Gasteiger charge is 2.08. The van der Waals surface area contributed by atoms with Crippen LogP contribution in [0, 0.1) is 0 Å². The van der Waals surface area contributed by atoms with Gasteiger partial charge in [-0.3, -0.25) is 0 Å². The number of thiophene rings is 1. The molecule has 7 heteroatoms. The minimum atomic E-state index is 0.114. The molecule has 0 amide bonds. The lowest BCUT2D eigenvalue weighted by molar-refractivity contribution is 0.835. The molecule has 0 fully saturated rings. The molecule has 2 aromatic rings. The van der Waals surface area contributed by atoms with Crippen molar-refractivity contribution >= 4 is 40.5 Å². The van der Waals surface area contributed by atoms with Gasteiger partial charge in [-0.05, 0) is 41.1 Å². The van der Waals surface area contributed by atoms with Crippen LogP contribution < -0.4 is 4.90 Å². The Labute approximate surface area is 113 Å². The zero-order valence-electron chi connectivity index (χ0n) is 9.10. The van der Waals surface area contributed by atoms with E-state index in [1.807, 2.05) is 18.0 Å². The van der Waals surface area contributed by atoms with E-state index >= 15 is 0 Å². The van der Waals surface area contributed by atoms with Crippen LogP contribution in [0.2, 0.25) is 10.6 Å². The van der Waals surface area contributed by atoms with Crippen molar-refractivity contribution in [1.82, 2.24) is 15.0 Å². The first-order valence-corrected chi connectivity index (χ1v) is 6.59. The smallest absolute Gasteiger partial charge is 0.230 e. The van der Waals surface area contributed by atoms with Gasteiger partial charge in [-0.1, -0.05) is 6.07 Å². The highest BCUT2D eigenvalue weighted by molar-refractivity contribution is 7.09. The Morgan fingerprint density at radius 3 is 2.53 bits per heavy atom. The van der Waals surface area contributed by atoms with Gasteiger partial charge in [0.2, 0.25) is 16.5 Å². The molecule has 0 aliphatic carbocycles. The maximum atomic E-state index is 5.72. The molecule has 2 heterocycles. The molecule has 0 unspecified atom stereocenters. The summed E-state index contributed by atoms with van der Waals surface area (Å²) in [5, 5.41) is 2.29. The third-order valence-corrected chi connectivity index (χ3v) is 3.46. The second kappa shape index (κ2) is 5.62. The first-order valence-electron chi connectivity index (χ1n) is 4.96. The zero-order valence-corrected chi connectivity index (χ0v) is 11.4. The van der Waals surface area contributed by atoms with E-state index in [-0.39, 0.29) is 10.6 Å². The van der Waals surface area contributed by atoms with Gasteiger partial charge in [0, 0.05) is 18.5 Å². The molecule has 17 heavy (non-hydrogen) atoms. The molecule has 0 saturated heterocycles. The Morgan fingerprint density at radius 1 is 1.24 bits per heavy atom. The van der Waals surface area contributed by atoms with E-state index < -0.39 is 0 Å². The molecular weight excluding hydrogens is 279 g/mol. The number of aromatic nitrogens is 3. The number of rotatable bonds is 4. The number of halogens is 2. The van der Waals surface area contributed by atoms with Crippen LogP contribution in [0.3, 0.4) is 0 Å². The Bertz CT molecular complexity index is 469. The van der Waals surface area contributed by atoms with Gasteiger partial charge < -0.3 is 4.90 Å². The summed E-state index contributed by atoms with van der Waals surface area (Å²) in [7, 11) is 1.90. The van der Waals surface area contributed by atoms with Gasteiger partial charge >= 0.3 is 0 Å². The van der Waals surface area contributed by atoms with Crippen molar-refractivity contribution in [2.75, 3.05) is 18.5 Å². The van der Waals surface area contributed by atoms with Crippen LogP contribution in [0.5, 0.6) is 0 Å². The third kappa shape index (κ3) is 3.52. The van der Waals surface area contributed by atoms with Crippen molar-refractivity contribution in [2.24, 2.45) is 0 Å². The predicted molar refractivity (Wildman–Crippen MR) is 71.1 cm³/mol. The van der Waals surface area contributed by atoms with Crippen LogP contribution in [-0.2, 0) is 6.42 Å². The summed E-state index contributed by atoms with van der Waals surface area (Å²) < 4.78 is 0. The van der Waals surface area contributed by atoms with Gasteiger partial charge in [-0.25, -0.2) is 0 Å². The number of nitrogens with zero attached hydrogens (tertiary/aromatic N) is 4. The largest absolute Gasteiger partial charge is 0.343 e. The average Bonchev–Trinajstić information content (AvgIpc) is 2.77. The molecule has 2 rings (SSSR count). The van der Waals surface area contributed by atoms with E-state index in [0.717, 1.165) is 13.0 Å². The fourth-order valence-electron chi connectivity index (χ4n) is 1.32. The summed E-state index contributed by atoms with van der Waals surface area (Å²) >= 11 is 13.2. The Balaban J connectivity index is 2.01. The molecule has 0 aromatic carbocycles. The van der Waals surface area contributed by atoms with E-state index in [1.165, 1.54) is 4.88 Å². The van der Waals surface area contributed by atoms with Crippen molar-refractivity contribution in [3.05, 3.63) is 33.0 Å². The first-order chi connectivity index (χ1) is 8.15. The minimum Gasteiger partial charge on any atom is -0.343 e. The van der Waals surface area contributed by atoms with Crippen molar-refractivity contribution in [1.29, 1.82) is 0 Å². The topological polar surface area (TPSA) is 41.9 Å². The highest BCUT2D eigenvalue weighted by Crippen LogP contribution is 2.14. The van der Waals surface area contributed by atoms with Crippen molar-refractivity contribution < 1.29 is 0 Å². The molecule has 0 spiro atoms. The van der Waals surface area contributed by atoms with Gasteiger partial charge in [0.1, 0.15) is 0 Å². The maximum absolute atomic E-state index is 5.72. The van der Waals surface area contributed by atoms with E-state index in [9.17, 15) is 0 Å². The monoisotopic (exact) mass is 288 g/mol. The molecule has 0 saturated carbocycles. The summed E-state index contributed by atoms with van der Waals surface area (Å²) in [4.78, 5) is 15.0. The summed E-state index contributed by atoms with van der Waals surface area (Å²) in [6.45, 7) is 0.803. The van der Waals surface area contributed by atoms with Crippen LogP contribution in [-0.4, -0.2) is 28.5 Å². The van der Waals surface area contributed by atoms with Crippen molar-refractivity contribution in [2.45, 2.75) is 6.42 Å². The van der Waals surface area contributed by atoms with Gasteiger partial charge in [-0.15, -0.1) is 11.3 Å². The average molecular weight is 289 g/mol. The van der Waals surface area contributed by atoms with E-state index in [4.69, 9.17) is 23.2 Å². The standard InChI is InChI=1S/C10H10Cl2N4S/c1-16(5-4-7-3-2-6-17-7)10-14-8(11)13-9(12)15-10/h2-3,6H,4-5H2,1H3. The van der Waals surface area contributed by atoms with Crippen LogP contribution in [0.1, 0.15) is 4.88 Å². The quantitative estimate of drug-likeness (QED) is 0.868. The van der Waals surface area contributed by atoms with Crippen LogP contribution in [0.15, 0.2) is 17.5 Å². The van der Waals surface area contributed by atoms with Crippen LogP contribution >= 0.6 is 34.5 Å². The lowest BCUT2D eigenvalue weighted by Gasteiger charge is -2.16. The maximum Gasteiger partial charge on any atom is 0.230 e. The Kier molecular flexibility index (Phi) is 4.15. The van der Waals surface area contributed by atoms with Gasteiger partial charge in [-0.2, -0.15) is 15.0 Å². The fourth-order valence-corrected chi connectivity index (χ4v) is 2.37. The predicted octanol–water partition coefficient (Wildman–Crippen LogP) is 2.92. The second-order valence-electron chi connectivity index (χ2n) is 3.42. The molecule has 0 aliphatic heterocycles. The molecule has 2 aromatic heterocycles. The third-order valence-electron chi connectivity index (χ3n) is 2.18. The molecule has 90 valence electrons. The lowest BCUT2D eigenvalue weighted by atomic mass is 10.3. The first kappa shape index (κ1) is 12.5. The molecule has 0 bridgehead atoms. The summed E-state index contributed by atoms with van der Waals surface area (Å²) in [5.41, 5.74) is 0. The highest BCUT2D eigenvalue weighted by atomic mass is 35.5. The van der Waals surface area contributed by atoms with Crippen molar-refractivity contribution in [3.63, 3.8) is 0 Å². The summed E-state index contributed by atoms with van der Waals surface area (Å²) in [6.07, 6.45) is 0.940. The normalized spacial score (nSPS) is 10.5. The van der Waals surface area contributed by atoms with Gasteiger partial charge in [0.15, 0.2) is 0 Å². The lowest BCUT2D eigenvalue weighted by Crippen LogP contribution is -2.22. The molecule has 4 nitrogen and oxygen atoms in total. The molecule has 0 atom stereocenters. The molecular formula is C10H10Cl2N4S. The Hall–Kier alpha value is -0.910. The molecule has 0 radical (unpaired) electrons. The van der Waals surface area contributed by atoms with E-state index in [1.54, 1.807) is 11.3 Å². The van der Waals surface area contributed by atoms with Crippen LogP contribution in [0.4, 0.5) is 5.95 Å². The van der Waals surface area contributed by atoms with Crippen LogP contribution in [0.25, 0.3) is 0 Å². The summed E-state index contributed by atoms with van der Waals surface area (Å²) in [6, 6.07) is 4.14. The summed E-state index contributed by atoms with van der Waals surface area (Å²) in [5.74, 6) is 0.492. The van der Waals surface area contributed by atoms with Crippen molar-refractivity contribution in [3.8, 4) is 0 Å². The number of anilines is 1. The fraction of sp³-hybridized carbons (Fsp3) is 0.300. The van der Waals surface area contributed by atoms with Gasteiger partial charge in [0.05, 0.1) is 0 Å². The zero-order chi connectivity index (χ0) is 12.3. The number of hydrogen-bond donors (Lipinski definition) is 0. The SMILES string of the molecule is CN(CCc1cccs1)c1nc(Cl)nc(Cl)n1. The Morgan fingerprint density at radius 2 is 1.94 bits per heavy atom. The van der Waals surface area contributed by atoms with Gasteiger partial charge in [0.25, 0.3) is 0 Å². The molecule has 0 aliphatic rings.